The maximum absolute atomic E-state index is 5.01. The van der Waals surface area contributed by atoms with E-state index in [4.69, 9.17) is 15.0 Å². The molecule has 3 heterocycles. The van der Waals surface area contributed by atoms with Gasteiger partial charge in [-0.2, -0.15) is 9.97 Å². The maximum atomic E-state index is 5.01. The van der Waals surface area contributed by atoms with Crippen molar-refractivity contribution in [2.24, 2.45) is 0 Å². The summed E-state index contributed by atoms with van der Waals surface area (Å²) in [6.45, 7) is 0. The minimum absolute atomic E-state index is 0.590. The van der Waals surface area contributed by atoms with E-state index < -0.39 is 0 Å². The van der Waals surface area contributed by atoms with E-state index in [2.05, 4.69) is 88.1 Å². The first-order valence-corrected chi connectivity index (χ1v) is 13.3. The van der Waals surface area contributed by atoms with E-state index >= 15 is 0 Å². The lowest BCUT2D eigenvalue weighted by molar-refractivity contribution is 0.935. The van der Waals surface area contributed by atoms with Crippen LogP contribution in [0.1, 0.15) is 0 Å². The number of hydrogen-bond acceptors (Lipinski definition) is 3. The molecule has 8 rings (SSSR count). The predicted octanol–water partition coefficient (Wildman–Crippen LogP) is 8.25. The van der Waals surface area contributed by atoms with Crippen LogP contribution in [0.15, 0.2) is 140 Å². The van der Waals surface area contributed by atoms with E-state index in [0.717, 1.165) is 38.8 Å². The summed E-state index contributed by atoms with van der Waals surface area (Å²) >= 11 is 0. The molecule has 0 atom stereocenters. The Morgan fingerprint density at radius 3 is 1.75 bits per heavy atom. The van der Waals surface area contributed by atoms with Crippen LogP contribution in [0.3, 0.4) is 0 Å². The van der Waals surface area contributed by atoms with Gasteiger partial charge in [0.25, 0.3) is 0 Å². The number of rotatable bonds is 4. The van der Waals surface area contributed by atoms with Crippen molar-refractivity contribution in [2.75, 3.05) is 0 Å². The molecule has 188 valence electrons. The normalized spacial score (nSPS) is 11.5. The van der Waals surface area contributed by atoms with Crippen molar-refractivity contribution in [3.63, 3.8) is 0 Å². The molecule has 3 aromatic heterocycles. The SMILES string of the molecule is c1ccc(-c2nc(-c3ccccc3)nc(-n3ccc4ccc5c(c6ccccc6n5-c5ccccc5)c43)n2)cc1. The van der Waals surface area contributed by atoms with Crippen molar-refractivity contribution in [2.45, 2.75) is 0 Å². The number of hydrogen-bond donors (Lipinski definition) is 0. The third-order valence-corrected chi connectivity index (χ3v) is 7.40. The van der Waals surface area contributed by atoms with Crippen LogP contribution in [0.4, 0.5) is 0 Å². The van der Waals surface area contributed by atoms with E-state index in [9.17, 15) is 0 Å². The van der Waals surface area contributed by atoms with Gasteiger partial charge >= 0.3 is 0 Å². The maximum Gasteiger partial charge on any atom is 0.238 e. The highest BCUT2D eigenvalue weighted by Gasteiger charge is 2.19. The molecule has 0 aliphatic rings. The largest absolute Gasteiger partial charge is 0.309 e. The highest BCUT2D eigenvalue weighted by atomic mass is 15.2. The Labute approximate surface area is 230 Å². The lowest BCUT2D eigenvalue weighted by Crippen LogP contribution is -2.05. The fraction of sp³-hybridized carbons (Fsp3) is 0. The summed E-state index contributed by atoms with van der Waals surface area (Å²) < 4.78 is 4.44. The van der Waals surface area contributed by atoms with Crippen LogP contribution < -0.4 is 0 Å². The third-order valence-electron chi connectivity index (χ3n) is 7.40. The summed E-state index contributed by atoms with van der Waals surface area (Å²) in [4.78, 5) is 14.9. The molecule has 0 aliphatic heterocycles. The molecular formula is C35H23N5. The average molecular weight is 514 g/mol. The van der Waals surface area contributed by atoms with Crippen molar-refractivity contribution >= 4 is 32.7 Å². The quantitative estimate of drug-likeness (QED) is 0.238. The van der Waals surface area contributed by atoms with Crippen molar-refractivity contribution in [3.8, 4) is 34.4 Å². The molecule has 0 N–H and O–H groups in total. The summed E-state index contributed by atoms with van der Waals surface area (Å²) in [5.74, 6) is 1.88. The van der Waals surface area contributed by atoms with Crippen LogP contribution in [0.2, 0.25) is 0 Å². The number of benzene rings is 5. The molecule has 0 amide bonds. The van der Waals surface area contributed by atoms with Gasteiger partial charge in [0, 0.05) is 39.2 Å². The van der Waals surface area contributed by atoms with Crippen LogP contribution in [-0.4, -0.2) is 24.1 Å². The standard InChI is InChI=1S/C35H23N5/c1-4-12-25(13-5-1)33-36-34(26-14-6-2-7-15-26)38-35(37-33)39-23-22-24-20-21-30-31(32(24)39)28-18-10-11-19-29(28)40(30)27-16-8-3-9-17-27/h1-23H. The molecule has 0 unspecified atom stereocenters. The van der Waals surface area contributed by atoms with Gasteiger partial charge in [0.2, 0.25) is 5.95 Å². The minimum atomic E-state index is 0.590. The fourth-order valence-electron chi connectivity index (χ4n) is 5.61. The van der Waals surface area contributed by atoms with Crippen molar-refractivity contribution in [1.82, 2.24) is 24.1 Å². The Morgan fingerprint density at radius 2 is 1.07 bits per heavy atom. The molecule has 0 saturated carbocycles. The molecule has 0 radical (unpaired) electrons. The molecule has 5 heteroatoms. The van der Waals surface area contributed by atoms with Crippen LogP contribution in [0.5, 0.6) is 0 Å². The Bertz CT molecular complexity index is 2090. The van der Waals surface area contributed by atoms with Crippen LogP contribution >= 0.6 is 0 Å². The van der Waals surface area contributed by atoms with Gasteiger partial charge in [-0.3, -0.25) is 4.57 Å². The smallest absolute Gasteiger partial charge is 0.238 e. The Kier molecular flexibility index (Phi) is 5.07. The number of fused-ring (bicyclic) bond motifs is 5. The van der Waals surface area contributed by atoms with Gasteiger partial charge in [-0.05, 0) is 30.3 Å². The van der Waals surface area contributed by atoms with Crippen LogP contribution in [0.25, 0.3) is 67.1 Å². The first-order valence-electron chi connectivity index (χ1n) is 13.3. The summed E-state index contributed by atoms with van der Waals surface area (Å²) in [6.07, 6.45) is 2.07. The zero-order chi connectivity index (χ0) is 26.5. The Morgan fingerprint density at radius 1 is 0.475 bits per heavy atom. The van der Waals surface area contributed by atoms with Crippen molar-refractivity contribution in [1.29, 1.82) is 0 Å². The summed E-state index contributed by atoms with van der Waals surface area (Å²) in [7, 11) is 0. The van der Waals surface area contributed by atoms with E-state index in [0.29, 0.717) is 17.6 Å². The molecular weight excluding hydrogens is 490 g/mol. The lowest BCUT2D eigenvalue weighted by Gasteiger charge is -2.11. The monoisotopic (exact) mass is 513 g/mol. The molecule has 0 aliphatic carbocycles. The van der Waals surface area contributed by atoms with Gasteiger partial charge in [0.05, 0.1) is 16.6 Å². The average Bonchev–Trinajstić information content (AvgIpc) is 3.61. The summed E-state index contributed by atoms with van der Waals surface area (Å²) in [5.41, 5.74) is 6.41. The minimum Gasteiger partial charge on any atom is -0.309 e. The molecule has 40 heavy (non-hydrogen) atoms. The zero-order valence-electron chi connectivity index (χ0n) is 21.5. The second-order valence-electron chi connectivity index (χ2n) is 9.79. The topological polar surface area (TPSA) is 48.5 Å². The van der Waals surface area contributed by atoms with E-state index in [1.54, 1.807) is 0 Å². The van der Waals surface area contributed by atoms with Crippen molar-refractivity contribution < 1.29 is 0 Å². The molecule has 0 bridgehead atoms. The summed E-state index contributed by atoms with van der Waals surface area (Å²) in [6, 6.07) is 45.8. The molecule has 0 fully saturated rings. The second-order valence-corrected chi connectivity index (χ2v) is 9.79. The van der Waals surface area contributed by atoms with Gasteiger partial charge in [0.1, 0.15) is 0 Å². The van der Waals surface area contributed by atoms with Gasteiger partial charge in [-0.15, -0.1) is 0 Å². The van der Waals surface area contributed by atoms with Gasteiger partial charge in [0.15, 0.2) is 11.6 Å². The van der Waals surface area contributed by atoms with Gasteiger partial charge in [-0.1, -0.05) is 103 Å². The highest BCUT2D eigenvalue weighted by molar-refractivity contribution is 6.20. The predicted molar refractivity (Wildman–Crippen MR) is 162 cm³/mol. The Hall–Kier alpha value is -5.55. The van der Waals surface area contributed by atoms with Crippen molar-refractivity contribution in [3.05, 3.63) is 140 Å². The molecule has 5 aromatic carbocycles. The molecule has 5 nitrogen and oxygen atoms in total. The number of aromatic nitrogens is 5. The third kappa shape index (κ3) is 3.52. The van der Waals surface area contributed by atoms with E-state index in [1.165, 1.54) is 10.8 Å². The summed E-state index contributed by atoms with van der Waals surface area (Å²) in [5, 5.41) is 3.49. The van der Waals surface area contributed by atoms with E-state index in [-0.39, 0.29) is 0 Å². The van der Waals surface area contributed by atoms with Crippen LogP contribution in [-0.2, 0) is 0 Å². The molecule has 8 aromatic rings. The lowest BCUT2D eigenvalue weighted by atomic mass is 10.1. The zero-order valence-corrected chi connectivity index (χ0v) is 21.5. The highest BCUT2D eigenvalue weighted by Crippen LogP contribution is 2.38. The molecule has 0 saturated heterocycles. The first-order chi connectivity index (χ1) is 19.8. The fourth-order valence-corrected chi connectivity index (χ4v) is 5.61. The number of nitrogens with zero attached hydrogens (tertiary/aromatic N) is 5. The first kappa shape index (κ1) is 22.4. The van der Waals surface area contributed by atoms with Gasteiger partial charge < -0.3 is 4.57 Å². The van der Waals surface area contributed by atoms with Gasteiger partial charge in [-0.25, -0.2) is 4.98 Å². The number of para-hydroxylation sites is 2. The van der Waals surface area contributed by atoms with Crippen LogP contribution in [0, 0.1) is 0 Å². The van der Waals surface area contributed by atoms with E-state index in [1.807, 2.05) is 60.7 Å². The molecule has 0 spiro atoms. The second kappa shape index (κ2) is 9.03. The Balaban J connectivity index is 1.45.